The lowest BCUT2D eigenvalue weighted by atomic mass is 9.48. The molecule has 1 aromatic carbocycles. The lowest BCUT2D eigenvalue weighted by Gasteiger charge is -2.59. The summed E-state index contributed by atoms with van der Waals surface area (Å²) in [5.41, 5.74) is 0.793. The highest BCUT2D eigenvalue weighted by atomic mass is 16.5. The van der Waals surface area contributed by atoms with Crippen molar-refractivity contribution in [3.8, 4) is 5.75 Å². The Morgan fingerprint density at radius 3 is 2.00 bits per heavy atom. The van der Waals surface area contributed by atoms with Gasteiger partial charge in [0.05, 0.1) is 6.61 Å². The smallest absolute Gasteiger partial charge is 0.251 e. The van der Waals surface area contributed by atoms with Crippen molar-refractivity contribution in [1.82, 2.24) is 10.6 Å². The standard InChI is InChI=1S/C26H38N2O3/c1-5-31-22-8-6-21(7-9-22)24(29)28-23(16(2)3)25(30)27-17(4)26-13-18-10-19(14-26)12-20(11-18)15-26/h6-9,16-20,23H,5,10-15H2,1-4H3,(H,27,30)(H,28,29)/t17-,18?,19?,20?,23-,26?/m0/s1. The van der Waals surface area contributed by atoms with Gasteiger partial charge in [0, 0.05) is 11.6 Å². The van der Waals surface area contributed by atoms with E-state index in [0.717, 1.165) is 23.5 Å². The van der Waals surface area contributed by atoms with E-state index in [-0.39, 0.29) is 29.2 Å². The minimum absolute atomic E-state index is 0.00945. The Kier molecular flexibility index (Phi) is 6.32. The monoisotopic (exact) mass is 426 g/mol. The Balaban J connectivity index is 1.40. The Morgan fingerprint density at radius 2 is 1.52 bits per heavy atom. The zero-order valence-electron chi connectivity index (χ0n) is 19.4. The lowest BCUT2D eigenvalue weighted by Crippen LogP contribution is -2.59. The van der Waals surface area contributed by atoms with Gasteiger partial charge in [-0.3, -0.25) is 9.59 Å². The van der Waals surface area contributed by atoms with Gasteiger partial charge in [-0.2, -0.15) is 0 Å². The highest BCUT2D eigenvalue weighted by molar-refractivity contribution is 5.97. The van der Waals surface area contributed by atoms with Crippen molar-refractivity contribution < 1.29 is 14.3 Å². The van der Waals surface area contributed by atoms with E-state index in [1.165, 1.54) is 38.5 Å². The van der Waals surface area contributed by atoms with Crippen LogP contribution in [0.5, 0.6) is 5.75 Å². The largest absolute Gasteiger partial charge is 0.494 e. The van der Waals surface area contributed by atoms with Crippen molar-refractivity contribution in [2.75, 3.05) is 6.61 Å². The molecule has 0 aliphatic heterocycles. The van der Waals surface area contributed by atoms with Crippen LogP contribution in [-0.4, -0.2) is 30.5 Å². The van der Waals surface area contributed by atoms with Gasteiger partial charge in [0.15, 0.2) is 0 Å². The second-order valence-corrected chi connectivity index (χ2v) is 10.7. The molecule has 4 aliphatic carbocycles. The fraction of sp³-hybridized carbons (Fsp3) is 0.692. The zero-order chi connectivity index (χ0) is 22.2. The number of carbonyl (C=O) groups excluding carboxylic acids is 2. The van der Waals surface area contributed by atoms with Crippen molar-refractivity contribution in [1.29, 1.82) is 0 Å². The van der Waals surface area contributed by atoms with E-state index in [2.05, 4.69) is 17.6 Å². The second kappa shape index (κ2) is 8.84. The van der Waals surface area contributed by atoms with Crippen molar-refractivity contribution in [2.45, 2.75) is 78.3 Å². The molecule has 5 rings (SSSR count). The quantitative estimate of drug-likeness (QED) is 0.640. The number of hydrogen-bond acceptors (Lipinski definition) is 3. The van der Waals surface area contributed by atoms with Gasteiger partial charge in [0.25, 0.3) is 5.91 Å². The molecular weight excluding hydrogens is 388 g/mol. The van der Waals surface area contributed by atoms with Crippen LogP contribution in [0.4, 0.5) is 0 Å². The number of ether oxygens (including phenoxy) is 1. The van der Waals surface area contributed by atoms with E-state index >= 15 is 0 Å². The Labute approximate surface area is 186 Å². The molecule has 5 nitrogen and oxygen atoms in total. The molecule has 1 aromatic rings. The highest BCUT2D eigenvalue weighted by Crippen LogP contribution is 2.61. The first-order chi connectivity index (χ1) is 14.8. The minimum Gasteiger partial charge on any atom is -0.494 e. The van der Waals surface area contributed by atoms with Crippen LogP contribution in [0.15, 0.2) is 24.3 Å². The zero-order valence-corrected chi connectivity index (χ0v) is 19.4. The summed E-state index contributed by atoms with van der Waals surface area (Å²) in [6.45, 7) is 8.67. The summed E-state index contributed by atoms with van der Waals surface area (Å²) in [5.74, 6) is 3.02. The molecule has 0 aromatic heterocycles. The van der Waals surface area contributed by atoms with E-state index in [4.69, 9.17) is 4.74 Å². The summed E-state index contributed by atoms with van der Waals surface area (Å²) in [4.78, 5) is 26.1. The number of hydrogen-bond donors (Lipinski definition) is 2. The van der Waals surface area contributed by atoms with Gasteiger partial charge < -0.3 is 15.4 Å². The SMILES string of the molecule is CCOc1ccc(C(=O)N[C@H](C(=O)N[C@@H](C)C23CC4CC(CC(C4)C2)C3)C(C)C)cc1. The average molecular weight is 427 g/mol. The van der Waals surface area contributed by atoms with Crippen LogP contribution >= 0.6 is 0 Å². The number of amides is 2. The second-order valence-electron chi connectivity index (χ2n) is 10.7. The van der Waals surface area contributed by atoms with Gasteiger partial charge in [-0.1, -0.05) is 13.8 Å². The first kappa shape index (κ1) is 22.2. The first-order valence-corrected chi connectivity index (χ1v) is 12.1. The maximum Gasteiger partial charge on any atom is 0.251 e. The van der Waals surface area contributed by atoms with Gasteiger partial charge in [-0.05, 0) is 106 Å². The van der Waals surface area contributed by atoms with Crippen LogP contribution in [0.3, 0.4) is 0 Å². The Morgan fingerprint density at radius 1 is 0.968 bits per heavy atom. The van der Waals surface area contributed by atoms with E-state index in [1.54, 1.807) is 24.3 Å². The molecule has 0 heterocycles. The third-order valence-corrected chi connectivity index (χ3v) is 8.03. The van der Waals surface area contributed by atoms with Crippen molar-refractivity contribution >= 4 is 11.8 Å². The van der Waals surface area contributed by atoms with Crippen LogP contribution in [0.25, 0.3) is 0 Å². The van der Waals surface area contributed by atoms with Crippen molar-refractivity contribution in [3.05, 3.63) is 29.8 Å². The normalized spacial score (nSPS) is 30.7. The molecule has 4 saturated carbocycles. The average Bonchev–Trinajstić information content (AvgIpc) is 2.71. The molecular formula is C26H38N2O3. The van der Waals surface area contributed by atoms with E-state index in [1.807, 2.05) is 20.8 Å². The van der Waals surface area contributed by atoms with Crippen LogP contribution < -0.4 is 15.4 Å². The molecule has 4 bridgehead atoms. The van der Waals surface area contributed by atoms with Gasteiger partial charge in [-0.15, -0.1) is 0 Å². The molecule has 4 fully saturated rings. The van der Waals surface area contributed by atoms with Gasteiger partial charge in [0.2, 0.25) is 5.91 Å². The summed E-state index contributed by atoms with van der Waals surface area (Å²) in [7, 11) is 0. The maximum atomic E-state index is 13.2. The predicted molar refractivity (Wildman–Crippen MR) is 122 cm³/mol. The third kappa shape index (κ3) is 4.61. The highest BCUT2D eigenvalue weighted by Gasteiger charge is 2.53. The molecule has 0 spiro atoms. The van der Waals surface area contributed by atoms with E-state index in [9.17, 15) is 9.59 Å². The number of nitrogens with one attached hydrogen (secondary N) is 2. The molecule has 2 N–H and O–H groups in total. The van der Waals surface area contributed by atoms with E-state index < -0.39 is 6.04 Å². The molecule has 170 valence electrons. The minimum atomic E-state index is -0.546. The fourth-order valence-electron chi connectivity index (χ4n) is 6.79. The Bertz CT molecular complexity index is 766. The molecule has 2 atom stereocenters. The maximum absolute atomic E-state index is 13.2. The third-order valence-electron chi connectivity index (χ3n) is 8.03. The topological polar surface area (TPSA) is 67.4 Å². The van der Waals surface area contributed by atoms with Gasteiger partial charge >= 0.3 is 0 Å². The lowest BCUT2D eigenvalue weighted by molar-refractivity contribution is -0.128. The molecule has 4 aliphatic rings. The summed E-state index contributed by atoms with van der Waals surface area (Å²) < 4.78 is 5.45. The van der Waals surface area contributed by atoms with Crippen LogP contribution in [0.1, 0.15) is 76.6 Å². The summed E-state index contributed by atoms with van der Waals surface area (Å²) in [5, 5.41) is 6.30. The summed E-state index contributed by atoms with van der Waals surface area (Å²) >= 11 is 0. The van der Waals surface area contributed by atoms with Gasteiger partial charge in [0.1, 0.15) is 11.8 Å². The van der Waals surface area contributed by atoms with Gasteiger partial charge in [-0.25, -0.2) is 0 Å². The summed E-state index contributed by atoms with van der Waals surface area (Å²) in [6.07, 6.45) is 7.95. The molecule has 31 heavy (non-hydrogen) atoms. The predicted octanol–water partition coefficient (Wildman–Crippen LogP) is 4.56. The fourth-order valence-corrected chi connectivity index (χ4v) is 6.79. The molecule has 0 radical (unpaired) electrons. The van der Waals surface area contributed by atoms with E-state index in [0.29, 0.717) is 12.2 Å². The molecule has 5 heteroatoms. The Hall–Kier alpha value is -2.04. The van der Waals surface area contributed by atoms with Crippen LogP contribution in [0, 0.1) is 29.1 Å². The molecule has 2 amide bonds. The van der Waals surface area contributed by atoms with Crippen LogP contribution in [-0.2, 0) is 4.79 Å². The number of rotatable bonds is 8. The van der Waals surface area contributed by atoms with Crippen LogP contribution in [0.2, 0.25) is 0 Å². The molecule has 0 unspecified atom stereocenters. The van der Waals surface area contributed by atoms with Crippen molar-refractivity contribution in [2.24, 2.45) is 29.1 Å². The first-order valence-electron chi connectivity index (χ1n) is 12.1. The molecule has 0 saturated heterocycles. The summed E-state index contributed by atoms with van der Waals surface area (Å²) in [6, 6.07) is 6.67. The van der Waals surface area contributed by atoms with Crippen molar-refractivity contribution in [3.63, 3.8) is 0 Å². The number of carbonyl (C=O) groups is 2. The number of benzene rings is 1.